The van der Waals surface area contributed by atoms with Crippen LogP contribution in [0, 0.1) is 5.92 Å². The molecule has 1 N–H and O–H groups in total. The normalized spacial score (nSPS) is 10.5. The van der Waals surface area contributed by atoms with Crippen molar-refractivity contribution in [1.29, 1.82) is 0 Å². The molecule has 0 saturated heterocycles. The highest BCUT2D eigenvalue weighted by molar-refractivity contribution is 5.83. The number of likely N-dealkylation sites (N-methyl/N-ethyl adjacent to an activating group) is 1. The van der Waals surface area contributed by atoms with Gasteiger partial charge in [0.2, 0.25) is 5.91 Å². The molecule has 0 atom stereocenters. The fourth-order valence-electron chi connectivity index (χ4n) is 1.86. The smallest absolute Gasteiger partial charge is 0.323 e. The van der Waals surface area contributed by atoms with E-state index in [-0.39, 0.29) is 18.4 Å². The second-order valence-electron chi connectivity index (χ2n) is 4.02. The SMILES string of the molecule is CCCC(CCC)C(=O)N(CC)CC(=O)O. The van der Waals surface area contributed by atoms with Crippen LogP contribution in [0.25, 0.3) is 0 Å². The van der Waals surface area contributed by atoms with Gasteiger partial charge in [0.25, 0.3) is 0 Å². The second kappa shape index (κ2) is 8.13. The zero-order valence-corrected chi connectivity index (χ0v) is 10.5. The van der Waals surface area contributed by atoms with Gasteiger partial charge in [0.15, 0.2) is 0 Å². The van der Waals surface area contributed by atoms with Gasteiger partial charge in [-0.1, -0.05) is 26.7 Å². The molecule has 0 aromatic carbocycles. The number of rotatable bonds is 8. The number of nitrogens with zero attached hydrogens (tertiary/aromatic N) is 1. The first-order valence-corrected chi connectivity index (χ1v) is 6.07. The number of hydrogen-bond donors (Lipinski definition) is 1. The van der Waals surface area contributed by atoms with Gasteiger partial charge in [-0.25, -0.2) is 0 Å². The van der Waals surface area contributed by atoms with Gasteiger partial charge in [0.05, 0.1) is 0 Å². The highest BCUT2D eigenvalue weighted by Gasteiger charge is 2.23. The Morgan fingerprint density at radius 2 is 1.62 bits per heavy atom. The number of carboxylic acids is 1. The lowest BCUT2D eigenvalue weighted by atomic mass is 9.96. The predicted octanol–water partition coefficient (Wildman–Crippen LogP) is 2.14. The molecule has 0 aliphatic heterocycles. The van der Waals surface area contributed by atoms with Gasteiger partial charge in [-0.2, -0.15) is 0 Å². The molecule has 4 heteroatoms. The van der Waals surface area contributed by atoms with E-state index in [1.54, 1.807) is 0 Å². The number of carbonyl (C=O) groups is 2. The first-order chi connectivity index (χ1) is 7.56. The zero-order chi connectivity index (χ0) is 12.6. The molecule has 94 valence electrons. The molecular formula is C12H23NO3. The van der Waals surface area contributed by atoms with Gasteiger partial charge in [-0.05, 0) is 19.8 Å². The summed E-state index contributed by atoms with van der Waals surface area (Å²) in [5.41, 5.74) is 0. The lowest BCUT2D eigenvalue weighted by molar-refractivity contribution is -0.146. The minimum atomic E-state index is -0.943. The van der Waals surface area contributed by atoms with Gasteiger partial charge >= 0.3 is 5.97 Å². The van der Waals surface area contributed by atoms with Crippen molar-refractivity contribution < 1.29 is 14.7 Å². The lowest BCUT2D eigenvalue weighted by Gasteiger charge is -2.24. The molecule has 0 bridgehead atoms. The number of carboxylic acid groups (broad SMARTS) is 1. The van der Waals surface area contributed by atoms with E-state index >= 15 is 0 Å². The quantitative estimate of drug-likeness (QED) is 0.693. The Kier molecular flexibility index (Phi) is 7.60. The molecule has 0 aromatic heterocycles. The average molecular weight is 229 g/mol. The highest BCUT2D eigenvalue weighted by Crippen LogP contribution is 2.16. The first kappa shape index (κ1) is 14.9. The van der Waals surface area contributed by atoms with Crippen molar-refractivity contribution >= 4 is 11.9 Å². The summed E-state index contributed by atoms with van der Waals surface area (Å²) in [6.07, 6.45) is 3.62. The van der Waals surface area contributed by atoms with E-state index in [9.17, 15) is 9.59 Å². The van der Waals surface area contributed by atoms with Crippen molar-refractivity contribution in [3.05, 3.63) is 0 Å². The maximum absolute atomic E-state index is 12.1. The monoisotopic (exact) mass is 229 g/mol. The molecule has 0 aromatic rings. The third kappa shape index (κ3) is 5.14. The van der Waals surface area contributed by atoms with Gasteiger partial charge in [0.1, 0.15) is 6.54 Å². The maximum atomic E-state index is 12.1. The average Bonchev–Trinajstić information content (AvgIpc) is 2.24. The van der Waals surface area contributed by atoms with Crippen molar-refractivity contribution in [3.8, 4) is 0 Å². The number of aliphatic carboxylic acids is 1. The van der Waals surface area contributed by atoms with Crippen LogP contribution in [0.3, 0.4) is 0 Å². The summed E-state index contributed by atoms with van der Waals surface area (Å²) >= 11 is 0. The molecule has 0 unspecified atom stereocenters. The Hall–Kier alpha value is -1.06. The molecule has 0 spiro atoms. The van der Waals surface area contributed by atoms with Crippen molar-refractivity contribution in [2.24, 2.45) is 5.92 Å². The Morgan fingerprint density at radius 1 is 1.12 bits per heavy atom. The van der Waals surface area contributed by atoms with Crippen molar-refractivity contribution in [1.82, 2.24) is 4.90 Å². The predicted molar refractivity (Wildman–Crippen MR) is 63.2 cm³/mol. The second-order valence-corrected chi connectivity index (χ2v) is 4.02. The summed E-state index contributed by atoms with van der Waals surface area (Å²) in [7, 11) is 0. The van der Waals surface area contributed by atoms with Gasteiger partial charge < -0.3 is 10.0 Å². The van der Waals surface area contributed by atoms with Crippen LogP contribution >= 0.6 is 0 Å². The maximum Gasteiger partial charge on any atom is 0.323 e. The Morgan fingerprint density at radius 3 is 1.94 bits per heavy atom. The van der Waals surface area contributed by atoms with Crippen LogP contribution in [0.1, 0.15) is 46.5 Å². The first-order valence-electron chi connectivity index (χ1n) is 6.07. The Balaban J connectivity index is 4.47. The summed E-state index contributed by atoms with van der Waals surface area (Å²) in [4.78, 5) is 24.1. The standard InChI is InChI=1S/C12H23NO3/c1-4-7-10(8-5-2)12(16)13(6-3)9-11(14)15/h10H,4-9H2,1-3H3,(H,14,15). The van der Waals surface area contributed by atoms with E-state index in [4.69, 9.17) is 5.11 Å². The molecule has 0 aliphatic carbocycles. The van der Waals surface area contributed by atoms with Crippen LogP contribution in [-0.4, -0.2) is 35.0 Å². The molecule has 0 rings (SSSR count). The van der Waals surface area contributed by atoms with Gasteiger partial charge in [-0.15, -0.1) is 0 Å². The van der Waals surface area contributed by atoms with Crippen molar-refractivity contribution in [3.63, 3.8) is 0 Å². The fraction of sp³-hybridized carbons (Fsp3) is 0.833. The summed E-state index contributed by atoms with van der Waals surface area (Å²) in [5.74, 6) is -0.954. The van der Waals surface area contributed by atoms with Gasteiger partial charge in [-0.3, -0.25) is 9.59 Å². The van der Waals surface area contributed by atoms with E-state index in [0.29, 0.717) is 6.54 Å². The van der Waals surface area contributed by atoms with E-state index in [1.807, 2.05) is 20.8 Å². The van der Waals surface area contributed by atoms with Crippen LogP contribution in [0.2, 0.25) is 0 Å². The molecular weight excluding hydrogens is 206 g/mol. The highest BCUT2D eigenvalue weighted by atomic mass is 16.4. The largest absolute Gasteiger partial charge is 0.480 e. The third-order valence-corrected chi connectivity index (χ3v) is 2.64. The fourth-order valence-corrected chi connectivity index (χ4v) is 1.86. The Labute approximate surface area is 97.6 Å². The van der Waals surface area contributed by atoms with Crippen LogP contribution in [-0.2, 0) is 9.59 Å². The summed E-state index contributed by atoms with van der Waals surface area (Å²) in [6.45, 7) is 6.19. The molecule has 0 fully saturated rings. The van der Waals surface area contributed by atoms with Crippen LogP contribution in [0.15, 0.2) is 0 Å². The summed E-state index contributed by atoms with van der Waals surface area (Å²) < 4.78 is 0. The molecule has 0 aliphatic rings. The van der Waals surface area contributed by atoms with E-state index in [0.717, 1.165) is 25.7 Å². The van der Waals surface area contributed by atoms with Crippen LogP contribution in [0.5, 0.6) is 0 Å². The van der Waals surface area contributed by atoms with Gasteiger partial charge in [0, 0.05) is 12.5 Å². The molecule has 1 amide bonds. The molecule has 0 saturated carbocycles. The topological polar surface area (TPSA) is 57.6 Å². The third-order valence-electron chi connectivity index (χ3n) is 2.64. The lowest BCUT2D eigenvalue weighted by Crippen LogP contribution is -2.39. The van der Waals surface area contributed by atoms with Crippen molar-refractivity contribution in [2.75, 3.05) is 13.1 Å². The summed E-state index contributed by atoms with van der Waals surface area (Å²) in [6, 6.07) is 0. The number of hydrogen-bond acceptors (Lipinski definition) is 2. The number of carbonyl (C=O) groups excluding carboxylic acids is 1. The number of amides is 1. The molecule has 4 nitrogen and oxygen atoms in total. The van der Waals surface area contributed by atoms with E-state index in [1.165, 1.54) is 4.90 Å². The molecule has 0 heterocycles. The van der Waals surface area contributed by atoms with Crippen LogP contribution in [0.4, 0.5) is 0 Å². The van der Waals surface area contributed by atoms with E-state index in [2.05, 4.69) is 0 Å². The minimum absolute atomic E-state index is 0.00528. The zero-order valence-electron chi connectivity index (χ0n) is 10.5. The molecule has 16 heavy (non-hydrogen) atoms. The molecule has 0 radical (unpaired) electrons. The Bertz CT molecular complexity index is 222. The minimum Gasteiger partial charge on any atom is -0.480 e. The van der Waals surface area contributed by atoms with Crippen molar-refractivity contribution in [2.45, 2.75) is 46.5 Å². The van der Waals surface area contributed by atoms with E-state index < -0.39 is 5.97 Å². The summed E-state index contributed by atoms with van der Waals surface area (Å²) in [5, 5.41) is 8.71. The van der Waals surface area contributed by atoms with Crippen LogP contribution < -0.4 is 0 Å².